The molecule has 1 aromatic heterocycles. The highest BCUT2D eigenvalue weighted by Gasteiger charge is 2.28. The molecule has 160 valence electrons. The molecule has 9 heteroatoms. The molecule has 6 nitrogen and oxygen atoms in total. The third-order valence-electron chi connectivity index (χ3n) is 4.46. The second kappa shape index (κ2) is 9.67. The Kier molecular flexibility index (Phi) is 7.53. The number of aliphatic imine (C=N–C) groups is 1. The first kappa shape index (κ1) is 22.6. The molecule has 0 radical (unpaired) electrons. The molecule has 0 atom stereocenters. The highest BCUT2D eigenvalue weighted by atomic mass is 19.4. The Morgan fingerprint density at radius 3 is 2.52 bits per heavy atom. The number of alkyl halides is 3. The first-order valence-corrected chi connectivity index (χ1v) is 9.41. The smallest absolute Gasteiger partial charge is 0.422 e. The summed E-state index contributed by atoms with van der Waals surface area (Å²) in [7, 11) is 1.89. The van der Waals surface area contributed by atoms with Gasteiger partial charge in [0.05, 0.1) is 12.2 Å². The van der Waals surface area contributed by atoms with E-state index in [2.05, 4.69) is 20.7 Å². The number of ether oxygens (including phenoxy) is 1. The van der Waals surface area contributed by atoms with Crippen molar-refractivity contribution < 1.29 is 17.9 Å². The molecular weight excluding hydrogens is 383 g/mol. The van der Waals surface area contributed by atoms with Crippen LogP contribution < -0.4 is 15.4 Å². The molecule has 0 aliphatic rings. The SMILES string of the molecule is CCNC(=NCc1ccc(C)cc1OCC(F)(F)F)NCc1c(C)nn(C)c1C. The Bertz CT molecular complexity index is 859. The van der Waals surface area contributed by atoms with Gasteiger partial charge in [-0.05, 0) is 39.3 Å². The maximum absolute atomic E-state index is 12.5. The molecular formula is C20H28F3N5O. The number of hydrogen-bond donors (Lipinski definition) is 2. The van der Waals surface area contributed by atoms with Crippen molar-refractivity contribution in [2.45, 2.75) is 47.0 Å². The molecule has 0 fully saturated rings. The van der Waals surface area contributed by atoms with Crippen molar-refractivity contribution in [1.29, 1.82) is 0 Å². The molecule has 0 saturated carbocycles. The van der Waals surface area contributed by atoms with Gasteiger partial charge in [0.2, 0.25) is 0 Å². The van der Waals surface area contributed by atoms with Gasteiger partial charge in [-0.15, -0.1) is 0 Å². The number of hydrogen-bond acceptors (Lipinski definition) is 3. The van der Waals surface area contributed by atoms with E-state index in [0.29, 0.717) is 24.6 Å². The molecule has 1 aromatic carbocycles. The van der Waals surface area contributed by atoms with Crippen LogP contribution in [0.25, 0.3) is 0 Å². The molecule has 0 bridgehead atoms. The Morgan fingerprint density at radius 2 is 1.93 bits per heavy atom. The second-order valence-electron chi connectivity index (χ2n) is 6.84. The summed E-state index contributed by atoms with van der Waals surface area (Å²) in [5.74, 6) is 0.762. The summed E-state index contributed by atoms with van der Waals surface area (Å²) in [5, 5.41) is 10.8. The number of aryl methyl sites for hydroxylation is 3. The van der Waals surface area contributed by atoms with Crippen LogP contribution >= 0.6 is 0 Å². The summed E-state index contributed by atoms with van der Waals surface area (Å²) in [6.07, 6.45) is -4.39. The lowest BCUT2D eigenvalue weighted by Crippen LogP contribution is -2.37. The minimum absolute atomic E-state index is 0.188. The van der Waals surface area contributed by atoms with E-state index in [1.165, 1.54) is 0 Å². The van der Waals surface area contributed by atoms with Crippen LogP contribution in [0, 0.1) is 20.8 Å². The zero-order valence-electron chi connectivity index (χ0n) is 17.4. The van der Waals surface area contributed by atoms with Gasteiger partial charge in [-0.1, -0.05) is 12.1 Å². The first-order valence-electron chi connectivity index (χ1n) is 9.41. The normalized spacial score (nSPS) is 12.2. The fraction of sp³-hybridized carbons (Fsp3) is 0.500. The van der Waals surface area contributed by atoms with Gasteiger partial charge in [0.1, 0.15) is 5.75 Å². The van der Waals surface area contributed by atoms with Crippen molar-refractivity contribution in [2.75, 3.05) is 13.2 Å². The van der Waals surface area contributed by atoms with Crippen LogP contribution in [0.1, 0.15) is 35.0 Å². The first-order chi connectivity index (χ1) is 13.6. The average molecular weight is 411 g/mol. The Hall–Kier alpha value is -2.71. The number of nitrogens with zero attached hydrogens (tertiary/aromatic N) is 3. The van der Waals surface area contributed by atoms with Crippen LogP contribution in [0.5, 0.6) is 5.75 Å². The van der Waals surface area contributed by atoms with Crippen molar-refractivity contribution in [3.8, 4) is 5.75 Å². The Balaban J connectivity index is 2.13. The van der Waals surface area contributed by atoms with E-state index in [1.807, 2.05) is 38.6 Å². The van der Waals surface area contributed by atoms with Crippen LogP contribution in [-0.2, 0) is 20.1 Å². The summed E-state index contributed by atoms with van der Waals surface area (Å²) in [5.41, 5.74) is 4.50. The fourth-order valence-electron chi connectivity index (χ4n) is 2.84. The van der Waals surface area contributed by atoms with Gasteiger partial charge in [0.15, 0.2) is 12.6 Å². The average Bonchev–Trinajstić information content (AvgIpc) is 2.88. The van der Waals surface area contributed by atoms with E-state index in [0.717, 1.165) is 22.5 Å². The van der Waals surface area contributed by atoms with Crippen molar-refractivity contribution in [2.24, 2.45) is 12.0 Å². The minimum atomic E-state index is -4.39. The van der Waals surface area contributed by atoms with Gasteiger partial charge in [0, 0.05) is 37.0 Å². The Labute approximate surface area is 169 Å². The van der Waals surface area contributed by atoms with Gasteiger partial charge in [0.25, 0.3) is 0 Å². The summed E-state index contributed by atoms with van der Waals surface area (Å²) in [6, 6.07) is 5.16. The molecule has 1 heterocycles. The highest BCUT2D eigenvalue weighted by Crippen LogP contribution is 2.24. The van der Waals surface area contributed by atoms with E-state index in [1.54, 1.807) is 19.1 Å². The van der Waals surface area contributed by atoms with Gasteiger partial charge in [-0.3, -0.25) is 4.68 Å². The topological polar surface area (TPSA) is 63.5 Å². The van der Waals surface area contributed by atoms with Crippen LogP contribution in [0.4, 0.5) is 13.2 Å². The molecule has 0 aliphatic heterocycles. The third-order valence-corrected chi connectivity index (χ3v) is 4.46. The van der Waals surface area contributed by atoms with Crippen molar-refractivity contribution in [3.63, 3.8) is 0 Å². The zero-order valence-corrected chi connectivity index (χ0v) is 17.4. The molecule has 2 aromatic rings. The quantitative estimate of drug-likeness (QED) is 0.540. The summed E-state index contributed by atoms with van der Waals surface area (Å²) >= 11 is 0. The molecule has 29 heavy (non-hydrogen) atoms. The van der Waals surface area contributed by atoms with Gasteiger partial charge >= 0.3 is 6.18 Å². The highest BCUT2D eigenvalue weighted by molar-refractivity contribution is 5.79. The van der Waals surface area contributed by atoms with Gasteiger partial charge < -0.3 is 15.4 Å². The van der Waals surface area contributed by atoms with E-state index in [4.69, 9.17) is 4.74 Å². The number of rotatable bonds is 7. The number of benzene rings is 1. The lowest BCUT2D eigenvalue weighted by molar-refractivity contribution is -0.153. The third kappa shape index (κ3) is 6.69. The van der Waals surface area contributed by atoms with E-state index in [9.17, 15) is 13.2 Å². The molecule has 2 N–H and O–H groups in total. The summed E-state index contributed by atoms with van der Waals surface area (Å²) < 4.78 is 44.4. The van der Waals surface area contributed by atoms with Crippen LogP contribution in [0.3, 0.4) is 0 Å². The van der Waals surface area contributed by atoms with E-state index < -0.39 is 12.8 Å². The standard InChI is InChI=1S/C20H28F3N5O/c1-6-24-19(26-11-17-14(3)27-28(5)15(17)4)25-10-16-8-7-13(2)9-18(16)29-12-20(21,22)23/h7-9H,6,10-12H2,1-5H3,(H2,24,25,26). The van der Waals surface area contributed by atoms with Crippen LogP contribution in [-0.4, -0.2) is 35.1 Å². The van der Waals surface area contributed by atoms with Crippen LogP contribution in [0.2, 0.25) is 0 Å². The molecule has 0 unspecified atom stereocenters. The van der Waals surface area contributed by atoms with E-state index >= 15 is 0 Å². The molecule has 0 saturated heterocycles. The van der Waals surface area contributed by atoms with Crippen molar-refractivity contribution >= 4 is 5.96 Å². The fourth-order valence-corrected chi connectivity index (χ4v) is 2.84. The van der Waals surface area contributed by atoms with Crippen molar-refractivity contribution in [1.82, 2.24) is 20.4 Å². The number of aromatic nitrogens is 2. The van der Waals surface area contributed by atoms with E-state index in [-0.39, 0.29) is 12.3 Å². The minimum Gasteiger partial charge on any atom is -0.484 e. The predicted octanol–water partition coefficient (Wildman–Crippen LogP) is 3.54. The Morgan fingerprint density at radius 1 is 1.21 bits per heavy atom. The molecule has 0 spiro atoms. The maximum atomic E-state index is 12.5. The van der Waals surface area contributed by atoms with Gasteiger partial charge in [-0.25, -0.2) is 4.99 Å². The largest absolute Gasteiger partial charge is 0.484 e. The predicted molar refractivity (Wildman–Crippen MR) is 107 cm³/mol. The maximum Gasteiger partial charge on any atom is 0.422 e. The summed E-state index contributed by atoms with van der Waals surface area (Å²) in [4.78, 5) is 4.51. The summed E-state index contributed by atoms with van der Waals surface area (Å²) in [6.45, 7) is 7.76. The monoisotopic (exact) mass is 411 g/mol. The zero-order chi connectivity index (χ0) is 21.6. The molecule has 0 amide bonds. The molecule has 2 rings (SSSR count). The number of nitrogens with one attached hydrogen (secondary N) is 2. The second-order valence-corrected chi connectivity index (χ2v) is 6.84. The number of halogens is 3. The lowest BCUT2D eigenvalue weighted by Gasteiger charge is -2.14. The molecule has 0 aliphatic carbocycles. The van der Waals surface area contributed by atoms with Gasteiger partial charge in [-0.2, -0.15) is 18.3 Å². The number of guanidine groups is 1. The van der Waals surface area contributed by atoms with Crippen LogP contribution in [0.15, 0.2) is 23.2 Å². The lowest BCUT2D eigenvalue weighted by atomic mass is 10.1. The van der Waals surface area contributed by atoms with Crippen molar-refractivity contribution in [3.05, 3.63) is 46.3 Å².